The van der Waals surface area contributed by atoms with E-state index in [1.165, 1.54) is 18.2 Å². The third-order valence-corrected chi connectivity index (χ3v) is 6.12. The Labute approximate surface area is 177 Å². The van der Waals surface area contributed by atoms with E-state index < -0.39 is 27.3 Å². The Bertz CT molecular complexity index is 1160. The monoisotopic (exact) mass is 452 g/mol. The number of nitrogens with one attached hydrogen (secondary N) is 2. The highest BCUT2D eigenvalue weighted by Crippen LogP contribution is 2.25. The van der Waals surface area contributed by atoms with Gasteiger partial charge in [-0.2, -0.15) is 0 Å². The van der Waals surface area contributed by atoms with E-state index in [0.717, 1.165) is 23.8 Å². The zero-order valence-electron chi connectivity index (χ0n) is 14.8. The van der Waals surface area contributed by atoms with Crippen LogP contribution in [-0.2, 0) is 16.6 Å². The molecule has 0 aliphatic carbocycles. The molecular formula is C20H15Cl2FN2O3S. The van der Waals surface area contributed by atoms with E-state index in [1.807, 2.05) is 6.07 Å². The first-order chi connectivity index (χ1) is 13.8. The highest BCUT2D eigenvalue weighted by molar-refractivity contribution is 7.89. The quantitative estimate of drug-likeness (QED) is 0.560. The summed E-state index contributed by atoms with van der Waals surface area (Å²) in [5.41, 5.74) is 0.633. The minimum atomic E-state index is -3.95. The minimum absolute atomic E-state index is 0.0609. The third-order valence-electron chi connectivity index (χ3n) is 3.98. The molecule has 150 valence electrons. The van der Waals surface area contributed by atoms with Gasteiger partial charge in [0, 0.05) is 12.2 Å². The number of carbonyl (C=O) groups is 1. The largest absolute Gasteiger partial charge is 0.322 e. The van der Waals surface area contributed by atoms with Crippen molar-refractivity contribution in [3.05, 3.63) is 93.7 Å². The lowest BCUT2D eigenvalue weighted by molar-refractivity contribution is 0.102. The SMILES string of the molecule is O=C(Nc1ccc(Cl)c(Cl)c1)c1cc(S(=O)(=O)NCc2ccccc2)ccc1F. The molecule has 0 radical (unpaired) electrons. The van der Waals surface area contributed by atoms with Gasteiger partial charge in [0.2, 0.25) is 10.0 Å². The van der Waals surface area contributed by atoms with Crippen LogP contribution in [0.1, 0.15) is 15.9 Å². The van der Waals surface area contributed by atoms with Gasteiger partial charge in [0.1, 0.15) is 5.82 Å². The molecule has 3 aromatic carbocycles. The molecule has 2 N–H and O–H groups in total. The maximum absolute atomic E-state index is 14.2. The molecule has 5 nitrogen and oxygen atoms in total. The summed E-state index contributed by atoms with van der Waals surface area (Å²) >= 11 is 11.7. The van der Waals surface area contributed by atoms with Crippen LogP contribution in [0.4, 0.5) is 10.1 Å². The summed E-state index contributed by atoms with van der Waals surface area (Å²) in [6.45, 7) is 0.0609. The predicted molar refractivity (Wildman–Crippen MR) is 111 cm³/mol. The van der Waals surface area contributed by atoms with E-state index in [1.54, 1.807) is 24.3 Å². The summed E-state index contributed by atoms with van der Waals surface area (Å²) in [5, 5.41) is 2.98. The topological polar surface area (TPSA) is 75.3 Å². The van der Waals surface area contributed by atoms with Crippen LogP contribution in [0.15, 0.2) is 71.6 Å². The Morgan fingerprint density at radius 1 is 0.931 bits per heavy atom. The second kappa shape index (κ2) is 8.92. The van der Waals surface area contributed by atoms with Crippen molar-refractivity contribution < 1.29 is 17.6 Å². The Hall–Kier alpha value is -2.45. The summed E-state index contributed by atoms with van der Waals surface area (Å²) < 4.78 is 41.7. The lowest BCUT2D eigenvalue weighted by Gasteiger charge is -2.10. The number of carbonyl (C=O) groups excluding carboxylic acids is 1. The van der Waals surface area contributed by atoms with Gasteiger partial charge in [-0.1, -0.05) is 53.5 Å². The molecule has 0 aliphatic rings. The Balaban J connectivity index is 1.81. The van der Waals surface area contributed by atoms with Crippen molar-refractivity contribution in [3.63, 3.8) is 0 Å². The van der Waals surface area contributed by atoms with Crippen molar-refractivity contribution in [3.8, 4) is 0 Å². The number of anilines is 1. The van der Waals surface area contributed by atoms with Crippen LogP contribution in [0.5, 0.6) is 0 Å². The van der Waals surface area contributed by atoms with Crippen molar-refractivity contribution in [2.45, 2.75) is 11.4 Å². The molecular weight excluding hydrogens is 438 g/mol. The molecule has 0 atom stereocenters. The third kappa shape index (κ3) is 5.33. The van der Waals surface area contributed by atoms with Crippen molar-refractivity contribution in [1.29, 1.82) is 0 Å². The molecule has 0 spiro atoms. The van der Waals surface area contributed by atoms with Gasteiger partial charge in [0.15, 0.2) is 0 Å². The average Bonchev–Trinajstić information content (AvgIpc) is 2.70. The van der Waals surface area contributed by atoms with E-state index in [9.17, 15) is 17.6 Å². The fourth-order valence-corrected chi connectivity index (χ4v) is 3.82. The van der Waals surface area contributed by atoms with Gasteiger partial charge in [-0.15, -0.1) is 0 Å². The maximum Gasteiger partial charge on any atom is 0.258 e. The molecule has 3 aromatic rings. The Kier molecular flexibility index (Phi) is 6.54. The van der Waals surface area contributed by atoms with Crippen LogP contribution in [0.2, 0.25) is 10.0 Å². The molecule has 0 saturated heterocycles. The number of rotatable bonds is 6. The van der Waals surface area contributed by atoms with Gasteiger partial charge in [-0.3, -0.25) is 4.79 Å². The molecule has 0 bridgehead atoms. The van der Waals surface area contributed by atoms with Gasteiger partial charge < -0.3 is 5.32 Å². The van der Waals surface area contributed by atoms with E-state index >= 15 is 0 Å². The molecule has 1 amide bonds. The van der Waals surface area contributed by atoms with Crippen LogP contribution in [0.25, 0.3) is 0 Å². The lowest BCUT2D eigenvalue weighted by atomic mass is 10.2. The van der Waals surface area contributed by atoms with Crippen LogP contribution < -0.4 is 10.0 Å². The van der Waals surface area contributed by atoms with Crippen LogP contribution in [-0.4, -0.2) is 14.3 Å². The number of benzene rings is 3. The van der Waals surface area contributed by atoms with Crippen molar-refractivity contribution in [2.75, 3.05) is 5.32 Å². The molecule has 0 unspecified atom stereocenters. The van der Waals surface area contributed by atoms with Crippen molar-refractivity contribution in [1.82, 2.24) is 4.72 Å². The fraction of sp³-hybridized carbons (Fsp3) is 0.0500. The van der Waals surface area contributed by atoms with Crippen LogP contribution in [0.3, 0.4) is 0 Å². The second-order valence-corrected chi connectivity index (χ2v) is 8.62. The van der Waals surface area contributed by atoms with E-state index in [4.69, 9.17) is 23.2 Å². The zero-order chi connectivity index (χ0) is 21.0. The standard InChI is InChI=1S/C20H15Cl2FN2O3S/c21-17-8-6-14(10-18(17)22)25-20(26)16-11-15(7-9-19(16)23)29(27,28)24-12-13-4-2-1-3-5-13/h1-11,24H,12H2,(H,25,26). The highest BCUT2D eigenvalue weighted by atomic mass is 35.5. The average molecular weight is 453 g/mol. The van der Waals surface area contributed by atoms with Crippen LogP contribution >= 0.6 is 23.2 Å². The van der Waals surface area contributed by atoms with E-state index in [-0.39, 0.29) is 16.5 Å². The first kappa shape index (κ1) is 21.3. The lowest BCUT2D eigenvalue weighted by Crippen LogP contribution is -2.24. The van der Waals surface area contributed by atoms with Gasteiger partial charge in [-0.25, -0.2) is 17.5 Å². The zero-order valence-corrected chi connectivity index (χ0v) is 17.2. The molecule has 29 heavy (non-hydrogen) atoms. The molecule has 0 aromatic heterocycles. The number of hydrogen-bond donors (Lipinski definition) is 2. The van der Waals surface area contributed by atoms with Gasteiger partial charge in [0.25, 0.3) is 5.91 Å². The minimum Gasteiger partial charge on any atom is -0.322 e. The molecule has 0 saturated carbocycles. The summed E-state index contributed by atoms with van der Waals surface area (Å²) in [6.07, 6.45) is 0. The smallest absolute Gasteiger partial charge is 0.258 e. The molecule has 0 fully saturated rings. The van der Waals surface area contributed by atoms with Crippen molar-refractivity contribution in [2.24, 2.45) is 0 Å². The Morgan fingerprint density at radius 2 is 1.66 bits per heavy atom. The van der Waals surface area contributed by atoms with Gasteiger partial charge in [0.05, 0.1) is 20.5 Å². The van der Waals surface area contributed by atoms with E-state index in [0.29, 0.717) is 10.7 Å². The number of sulfonamides is 1. The summed E-state index contributed by atoms with van der Waals surface area (Å²) in [5.74, 6) is -1.68. The first-order valence-electron chi connectivity index (χ1n) is 8.36. The molecule has 9 heteroatoms. The second-order valence-electron chi connectivity index (χ2n) is 6.03. The van der Waals surface area contributed by atoms with E-state index in [2.05, 4.69) is 10.0 Å². The molecule has 0 heterocycles. The number of halogens is 3. The normalized spacial score (nSPS) is 11.3. The number of hydrogen-bond acceptors (Lipinski definition) is 3. The van der Waals surface area contributed by atoms with Crippen molar-refractivity contribution >= 4 is 44.8 Å². The number of amides is 1. The highest BCUT2D eigenvalue weighted by Gasteiger charge is 2.20. The maximum atomic E-state index is 14.2. The van der Waals surface area contributed by atoms with Gasteiger partial charge in [-0.05, 0) is 42.0 Å². The van der Waals surface area contributed by atoms with Crippen LogP contribution in [0, 0.1) is 5.82 Å². The fourth-order valence-electron chi connectivity index (χ4n) is 2.48. The summed E-state index contributed by atoms with van der Waals surface area (Å²) in [4.78, 5) is 12.2. The molecule has 3 rings (SSSR count). The van der Waals surface area contributed by atoms with Gasteiger partial charge >= 0.3 is 0 Å². The molecule has 0 aliphatic heterocycles. The first-order valence-corrected chi connectivity index (χ1v) is 10.6. The predicted octanol–water partition coefficient (Wildman–Crippen LogP) is 4.86. The Morgan fingerprint density at radius 3 is 2.34 bits per heavy atom. The summed E-state index contributed by atoms with van der Waals surface area (Å²) in [7, 11) is -3.95. The summed E-state index contributed by atoms with van der Waals surface area (Å²) in [6, 6.07) is 16.3.